The van der Waals surface area contributed by atoms with Gasteiger partial charge in [-0.3, -0.25) is 4.79 Å². The predicted octanol–water partition coefficient (Wildman–Crippen LogP) is 2.56. The maximum Gasteiger partial charge on any atom is 0.251 e. The van der Waals surface area contributed by atoms with Crippen LogP contribution in [-0.4, -0.2) is 32.8 Å². The Kier molecular flexibility index (Phi) is 5.41. The van der Waals surface area contributed by atoms with Gasteiger partial charge in [0.15, 0.2) is 0 Å². The molecular weight excluding hydrogens is 254 g/mol. The average molecular weight is 277 g/mol. The molecule has 0 aliphatic heterocycles. The minimum absolute atomic E-state index is 0.0216. The van der Waals surface area contributed by atoms with Gasteiger partial charge in [0.1, 0.15) is 5.75 Å². The van der Waals surface area contributed by atoms with Crippen molar-refractivity contribution in [1.29, 1.82) is 0 Å². The van der Waals surface area contributed by atoms with E-state index in [-0.39, 0.29) is 5.91 Å². The quantitative estimate of drug-likeness (QED) is 0.743. The lowest BCUT2D eigenvalue weighted by atomic mass is 10.0. The normalized spacial score (nSPS) is 14.1. The lowest BCUT2D eigenvalue weighted by Gasteiger charge is -2.11. The Bertz CT molecular complexity index is 455. The van der Waals surface area contributed by atoms with Gasteiger partial charge in [-0.25, -0.2) is 0 Å². The van der Waals surface area contributed by atoms with Crippen LogP contribution in [0.4, 0.5) is 0 Å². The Morgan fingerprint density at radius 1 is 1.30 bits per heavy atom. The molecule has 1 aliphatic rings. The lowest BCUT2D eigenvalue weighted by molar-refractivity contribution is 0.0951. The number of carbonyl (C=O) groups excluding carboxylic acids is 1. The van der Waals surface area contributed by atoms with Crippen molar-refractivity contribution in [2.75, 3.05) is 20.8 Å². The number of aryl methyl sites for hydroxylation is 1. The highest BCUT2D eigenvalue weighted by Gasteiger charge is 2.24. The molecule has 0 aromatic heterocycles. The molecule has 1 fully saturated rings. The minimum Gasteiger partial charge on any atom is -0.496 e. The average Bonchev–Trinajstić information content (AvgIpc) is 3.27. The van der Waals surface area contributed by atoms with Crippen LogP contribution in [-0.2, 0) is 11.2 Å². The molecule has 1 aromatic rings. The van der Waals surface area contributed by atoms with Gasteiger partial charge >= 0.3 is 0 Å². The summed E-state index contributed by atoms with van der Waals surface area (Å²) in [5.41, 5.74) is 1.81. The summed E-state index contributed by atoms with van der Waals surface area (Å²) >= 11 is 0. The zero-order chi connectivity index (χ0) is 14.4. The molecule has 1 N–H and O–H groups in total. The molecule has 0 radical (unpaired) electrons. The van der Waals surface area contributed by atoms with Crippen molar-refractivity contribution in [3.8, 4) is 5.75 Å². The molecule has 20 heavy (non-hydrogen) atoms. The summed E-state index contributed by atoms with van der Waals surface area (Å²) in [5, 5.41) is 3.01. The Balaban J connectivity index is 2.00. The van der Waals surface area contributed by atoms with Crippen molar-refractivity contribution in [2.45, 2.75) is 38.1 Å². The second-order valence-corrected chi connectivity index (χ2v) is 5.22. The van der Waals surface area contributed by atoms with Crippen LogP contribution >= 0.6 is 0 Å². The summed E-state index contributed by atoms with van der Waals surface area (Å²) in [5.74, 6) is 0.874. The van der Waals surface area contributed by atoms with Crippen LogP contribution in [0.1, 0.15) is 41.6 Å². The second kappa shape index (κ2) is 7.29. The Morgan fingerprint density at radius 3 is 2.75 bits per heavy atom. The molecular formula is C16H23NO3. The fourth-order valence-corrected chi connectivity index (χ4v) is 2.17. The van der Waals surface area contributed by atoms with Crippen LogP contribution in [0.2, 0.25) is 0 Å². The molecule has 1 aromatic carbocycles. The first-order valence-corrected chi connectivity index (χ1v) is 7.21. The summed E-state index contributed by atoms with van der Waals surface area (Å²) in [6.07, 6.45) is 5.14. The van der Waals surface area contributed by atoms with Crippen LogP contribution in [0, 0.1) is 0 Å². The highest BCUT2D eigenvalue weighted by Crippen LogP contribution is 2.23. The maximum absolute atomic E-state index is 12.1. The van der Waals surface area contributed by atoms with Crippen molar-refractivity contribution in [3.63, 3.8) is 0 Å². The van der Waals surface area contributed by atoms with Gasteiger partial charge in [0.2, 0.25) is 0 Å². The van der Waals surface area contributed by atoms with Gasteiger partial charge in [-0.2, -0.15) is 0 Å². The number of nitrogens with one attached hydrogen (secondary N) is 1. The van der Waals surface area contributed by atoms with Crippen LogP contribution < -0.4 is 10.1 Å². The summed E-state index contributed by atoms with van der Waals surface area (Å²) < 4.78 is 10.4. The number of unbranched alkanes of at least 4 members (excludes halogenated alkanes) is 1. The molecule has 2 rings (SSSR count). The molecule has 1 aliphatic carbocycles. The van der Waals surface area contributed by atoms with E-state index < -0.39 is 0 Å². The molecule has 1 amide bonds. The number of rotatable bonds is 8. The van der Waals surface area contributed by atoms with Crippen molar-refractivity contribution in [2.24, 2.45) is 0 Å². The van der Waals surface area contributed by atoms with E-state index in [9.17, 15) is 4.79 Å². The van der Waals surface area contributed by atoms with Gasteiger partial charge in [0.05, 0.1) is 7.11 Å². The number of amides is 1. The minimum atomic E-state index is 0.0216. The Labute approximate surface area is 120 Å². The first-order valence-electron chi connectivity index (χ1n) is 7.21. The largest absolute Gasteiger partial charge is 0.496 e. The fourth-order valence-electron chi connectivity index (χ4n) is 2.17. The molecule has 4 nitrogen and oxygen atoms in total. The molecule has 0 heterocycles. The van der Waals surface area contributed by atoms with Gasteiger partial charge in [0, 0.05) is 25.3 Å². The van der Waals surface area contributed by atoms with E-state index >= 15 is 0 Å². The van der Waals surface area contributed by atoms with E-state index in [0.717, 1.165) is 55.6 Å². The lowest BCUT2D eigenvalue weighted by Crippen LogP contribution is -2.25. The fraction of sp³-hybridized carbons (Fsp3) is 0.562. The van der Waals surface area contributed by atoms with Crippen molar-refractivity contribution >= 4 is 5.91 Å². The Hall–Kier alpha value is -1.55. The van der Waals surface area contributed by atoms with E-state index in [0.29, 0.717) is 6.04 Å². The highest BCUT2D eigenvalue weighted by atomic mass is 16.5. The Morgan fingerprint density at radius 2 is 2.10 bits per heavy atom. The van der Waals surface area contributed by atoms with Crippen LogP contribution in [0.3, 0.4) is 0 Å². The third-order valence-corrected chi connectivity index (χ3v) is 3.50. The summed E-state index contributed by atoms with van der Waals surface area (Å²) in [6, 6.07) is 6.04. The van der Waals surface area contributed by atoms with Gasteiger partial charge in [-0.1, -0.05) is 0 Å². The number of hydrogen-bond acceptors (Lipinski definition) is 3. The third-order valence-electron chi connectivity index (χ3n) is 3.50. The monoisotopic (exact) mass is 277 g/mol. The van der Waals surface area contributed by atoms with Crippen molar-refractivity contribution in [3.05, 3.63) is 29.3 Å². The molecule has 0 spiro atoms. The van der Waals surface area contributed by atoms with E-state index in [1.165, 1.54) is 0 Å². The zero-order valence-electron chi connectivity index (χ0n) is 12.3. The molecule has 0 atom stereocenters. The van der Waals surface area contributed by atoms with E-state index in [4.69, 9.17) is 9.47 Å². The summed E-state index contributed by atoms with van der Waals surface area (Å²) in [7, 11) is 3.38. The molecule has 0 saturated heterocycles. The number of hydrogen-bond donors (Lipinski definition) is 1. The maximum atomic E-state index is 12.1. The first-order chi connectivity index (χ1) is 9.74. The SMILES string of the molecule is COCCCCc1cc(C(=O)NC2CC2)ccc1OC. The van der Waals surface area contributed by atoms with Gasteiger partial charge in [0.25, 0.3) is 5.91 Å². The highest BCUT2D eigenvalue weighted by molar-refractivity contribution is 5.95. The number of benzene rings is 1. The number of methoxy groups -OCH3 is 2. The molecule has 4 heteroatoms. The standard InChI is InChI=1S/C16H23NO3/c1-19-10-4-3-5-12-11-13(6-9-15(12)20-2)16(18)17-14-7-8-14/h6,9,11,14H,3-5,7-8,10H2,1-2H3,(H,17,18). The van der Waals surface area contributed by atoms with Crippen LogP contribution in [0.25, 0.3) is 0 Å². The molecule has 0 bridgehead atoms. The smallest absolute Gasteiger partial charge is 0.251 e. The van der Waals surface area contributed by atoms with Gasteiger partial charge in [-0.05, 0) is 55.9 Å². The molecule has 0 unspecified atom stereocenters. The molecule has 110 valence electrons. The number of carbonyl (C=O) groups is 1. The summed E-state index contributed by atoms with van der Waals surface area (Å²) in [6.45, 7) is 0.768. The predicted molar refractivity (Wildman–Crippen MR) is 78.3 cm³/mol. The topological polar surface area (TPSA) is 47.6 Å². The van der Waals surface area contributed by atoms with Gasteiger partial charge < -0.3 is 14.8 Å². The van der Waals surface area contributed by atoms with Crippen LogP contribution in [0.5, 0.6) is 5.75 Å². The van der Waals surface area contributed by atoms with Crippen LogP contribution in [0.15, 0.2) is 18.2 Å². The first kappa shape index (κ1) is 14.9. The number of ether oxygens (including phenoxy) is 2. The van der Waals surface area contributed by atoms with E-state index in [1.807, 2.05) is 18.2 Å². The zero-order valence-corrected chi connectivity index (χ0v) is 12.3. The van der Waals surface area contributed by atoms with E-state index in [2.05, 4.69) is 5.32 Å². The molecule has 1 saturated carbocycles. The van der Waals surface area contributed by atoms with Gasteiger partial charge in [-0.15, -0.1) is 0 Å². The second-order valence-electron chi connectivity index (χ2n) is 5.22. The summed E-state index contributed by atoms with van der Waals surface area (Å²) in [4.78, 5) is 12.1. The van der Waals surface area contributed by atoms with Crippen molar-refractivity contribution in [1.82, 2.24) is 5.32 Å². The van der Waals surface area contributed by atoms with Crippen molar-refractivity contribution < 1.29 is 14.3 Å². The van der Waals surface area contributed by atoms with E-state index in [1.54, 1.807) is 14.2 Å². The third kappa shape index (κ3) is 4.23.